The molecule has 0 radical (unpaired) electrons. The van der Waals surface area contributed by atoms with Crippen molar-refractivity contribution in [2.24, 2.45) is 11.7 Å². The Bertz CT molecular complexity index is 379. The van der Waals surface area contributed by atoms with Gasteiger partial charge in [0.1, 0.15) is 0 Å². The van der Waals surface area contributed by atoms with Crippen molar-refractivity contribution in [2.45, 2.75) is 45.6 Å². The Morgan fingerprint density at radius 2 is 1.84 bits per heavy atom. The average Bonchev–Trinajstić information content (AvgIpc) is 2.38. The summed E-state index contributed by atoms with van der Waals surface area (Å²) in [6, 6.07) is 6.23. The Balaban J connectivity index is 2.61. The highest BCUT2D eigenvalue weighted by molar-refractivity contribution is 5.43. The third kappa shape index (κ3) is 5.11. The van der Waals surface area contributed by atoms with Crippen molar-refractivity contribution in [1.29, 1.82) is 0 Å². The number of nitrogens with two attached hydrogens (primary N) is 1. The molecule has 0 aliphatic rings. The highest BCUT2D eigenvalue weighted by atomic mass is 16.5. The lowest BCUT2D eigenvalue weighted by atomic mass is 9.94. The summed E-state index contributed by atoms with van der Waals surface area (Å²) in [4.78, 5) is 0. The van der Waals surface area contributed by atoms with Gasteiger partial charge in [-0.05, 0) is 36.5 Å². The van der Waals surface area contributed by atoms with Crippen LogP contribution in [0.25, 0.3) is 0 Å². The lowest BCUT2D eigenvalue weighted by molar-refractivity contribution is 0.354. The predicted octanol–water partition coefficient (Wildman–Crippen LogP) is 3.40. The summed E-state index contributed by atoms with van der Waals surface area (Å²) >= 11 is 0. The van der Waals surface area contributed by atoms with E-state index in [1.54, 1.807) is 14.2 Å². The molecule has 2 N–H and O–H groups in total. The highest BCUT2D eigenvalue weighted by Gasteiger charge is 2.11. The van der Waals surface area contributed by atoms with Gasteiger partial charge in [0.15, 0.2) is 11.5 Å². The molecule has 0 heterocycles. The molecule has 0 bridgehead atoms. The molecule has 19 heavy (non-hydrogen) atoms. The van der Waals surface area contributed by atoms with Gasteiger partial charge < -0.3 is 15.2 Å². The predicted molar refractivity (Wildman–Crippen MR) is 79.9 cm³/mol. The van der Waals surface area contributed by atoms with E-state index >= 15 is 0 Å². The summed E-state index contributed by atoms with van der Waals surface area (Å²) < 4.78 is 10.5. The van der Waals surface area contributed by atoms with Crippen LogP contribution in [0, 0.1) is 5.92 Å². The molecule has 0 aliphatic heterocycles. The fraction of sp³-hybridized carbons (Fsp3) is 0.625. The van der Waals surface area contributed by atoms with Gasteiger partial charge in [0.2, 0.25) is 0 Å². The summed E-state index contributed by atoms with van der Waals surface area (Å²) in [5, 5.41) is 0. The van der Waals surface area contributed by atoms with Gasteiger partial charge in [0.25, 0.3) is 0 Å². The number of hydrogen-bond acceptors (Lipinski definition) is 3. The van der Waals surface area contributed by atoms with Crippen LogP contribution >= 0.6 is 0 Å². The quantitative estimate of drug-likeness (QED) is 0.783. The topological polar surface area (TPSA) is 44.5 Å². The highest BCUT2D eigenvalue weighted by Crippen LogP contribution is 2.28. The maximum atomic E-state index is 6.23. The van der Waals surface area contributed by atoms with E-state index in [9.17, 15) is 0 Å². The van der Waals surface area contributed by atoms with Gasteiger partial charge in [0, 0.05) is 6.04 Å². The smallest absolute Gasteiger partial charge is 0.160 e. The normalized spacial score (nSPS) is 13.9. The molecule has 1 rings (SSSR count). The van der Waals surface area contributed by atoms with Crippen LogP contribution in [0.5, 0.6) is 11.5 Å². The third-order valence-corrected chi connectivity index (χ3v) is 3.43. The SMILES string of the molecule is CCCC(C)CC(N)Cc1ccc(OC)c(OC)c1. The molecule has 3 nitrogen and oxygen atoms in total. The van der Waals surface area contributed by atoms with Gasteiger partial charge in [-0.25, -0.2) is 0 Å². The minimum absolute atomic E-state index is 0.208. The molecule has 0 aromatic heterocycles. The molecule has 0 saturated heterocycles. The van der Waals surface area contributed by atoms with Crippen LogP contribution in [0.15, 0.2) is 18.2 Å². The minimum atomic E-state index is 0.208. The zero-order chi connectivity index (χ0) is 14.3. The first-order valence-corrected chi connectivity index (χ1v) is 7.07. The number of rotatable bonds is 8. The summed E-state index contributed by atoms with van der Waals surface area (Å²) in [5.41, 5.74) is 7.43. The number of benzene rings is 1. The Hall–Kier alpha value is -1.22. The molecule has 2 unspecified atom stereocenters. The fourth-order valence-electron chi connectivity index (χ4n) is 2.52. The zero-order valence-corrected chi connectivity index (χ0v) is 12.6. The van der Waals surface area contributed by atoms with E-state index < -0.39 is 0 Å². The summed E-state index contributed by atoms with van der Waals surface area (Å²) in [5.74, 6) is 2.23. The first kappa shape index (κ1) is 15.8. The Morgan fingerprint density at radius 3 is 2.42 bits per heavy atom. The number of ether oxygens (including phenoxy) is 2. The maximum absolute atomic E-state index is 6.23. The molecular weight excluding hydrogens is 238 g/mol. The summed E-state index contributed by atoms with van der Waals surface area (Å²) in [7, 11) is 3.31. The van der Waals surface area contributed by atoms with E-state index in [0.29, 0.717) is 5.92 Å². The molecule has 1 aromatic carbocycles. The molecule has 2 atom stereocenters. The van der Waals surface area contributed by atoms with Gasteiger partial charge in [-0.15, -0.1) is 0 Å². The van der Waals surface area contributed by atoms with Crippen LogP contribution in [0.4, 0.5) is 0 Å². The second kappa shape index (κ2) is 8.05. The van der Waals surface area contributed by atoms with Crippen molar-refractivity contribution in [3.8, 4) is 11.5 Å². The van der Waals surface area contributed by atoms with E-state index in [0.717, 1.165) is 24.3 Å². The van der Waals surface area contributed by atoms with E-state index in [2.05, 4.69) is 19.9 Å². The number of methoxy groups -OCH3 is 2. The zero-order valence-electron chi connectivity index (χ0n) is 12.6. The van der Waals surface area contributed by atoms with Gasteiger partial charge in [-0.3, -0.25) is 0 Å². The van der Waals surface area contributed by atoms with Crippen LogP contribution in [0.2, 0.25) is 0 Å². The van der Waals surface area contributed by atoms with Crippen molar-refractivity contribution in [3.63, 3.8) is 0 Å². The minimum Gasteiger partial charge on any atom is -0.493 e. The van der Waals surface area contributed by atoms with E-state index in [-0.39, 0.29) is 6.04 Å². The van der Waals surface area contributed by atoms with Crippen LogP contribution in [-0.4, -0.2) is 20.3 Å². The largest absolute Gasteiger partial charge is 0.493 e. The van der Waals surface area contributed by atoms with E-state index in [1.807, 2.05) is 12.1 Å². The van der Waals surface area contributed by atoms with Crippen molar-refractivity contribution < 1.29 is 9.47 Å². The first-order valence-electron chi connectivity index (χ1n) is 7.07. The van der Waals surface area contributed by atoms with Crippen molar-refractivity contribution in [3.05, 3.63) is 23.8 Å². The molecule has 0 fully saturated rings. The molecule has 0 saturated carbocycles. The van der Waals surface area contributed by atoms with Crippen LogP contribution in [0.1, 0.15) is 38.7 Å². The second-order valence-electron chi connectivity index (χ2n) is 5.28. The standard InChI is InChI=1S/C16H27NO2/c1-5-6-12(2)9-14(17)10-13-7-8-15(18-3)16(11-13)19-4/h7-8,11-12,14H,5-6,9-10,17H2,1-4H3. The molecule has 1 aromatic rings. The van der Waals surface area contributed by atoms with E-state index in [4.69, 9.17) is 15.2 Å². The molecule has 108 valence electrons. The van der Waals surface area contributed by atoms with Crippen molar-refractivity contribution in [1.82, 2.24) is 0 Å². The van der Waals surface area contributed by atoms with Crippen molar-refractivity contribution in [2.75, 3.05) is 14.2 Å². The average molecular weight is 265 g/mol. The lowest BCUT2D eigenvalue weighted by Crippen LogP contribution is -2.25. The molecular formula is C16H27NO2. The monoisotopic (exact) mass is 265 g/mol. The third-order valence-electron chi connectivity index (χ3n) is 3.43. The van der Waals surface area contributed by atoms with Crippen LogP contribution < -0.4 is 15.2 Å². The molecule has 0 spiro atoms. The second-order valence-corrected chi connectivity index (χ2v) is 5.28. The van der Waals surface area contributed by atoms with Gasteiger partial charge in [-0.1, -0.05) is 32.8 Å². The van der Waals surface area contributed by atoms with Gasteiger partial charge >= 0.3 is 0 Å². The molecule has 0 aliphatic carbocycles. The maximum Gasteiger partial charge on any atom is 0.160 e. The first-order chi connectivity index (χ1) is 9.10. The van der Waals surface area contributed by atoms with Crippen LogP contribution in [0.3, 0.4) is 0 Å². The Morgan fingerprint density at radius 1 is 1.16 bits per heavy atom. The molecule has 3 heteroatoms. The Kier molecular flexibility index (Phi) is 6.71. The van der Waals surface area contributed by atoms with Crippen LogP contribution in [-0.2, 0) is 6.42 Å². The molecule has 0 amide bonds. The summed E-state index contributed by atoms with van der Waals surface area (Å²) in [6.07, 6.45) is 4.43. The Labute approximate surface area is 117 Å². The lowest BCUT2D eigenvalue weighted by Gasteiger charge is -2.17. The summed E-state index contributed by atoms with van der Waals surface area (Å²) in [6.45, 7) is 4.49. The van der Waals surface area contributed by atoms with Gasteiger partial charge in [0.05, 0.1) is 14.2 Å². The van der Waals surface area contributed by atoms with Gasteiger partial charge in [-0.2, -0.15) is 0 Å². The fourth-order valence-corrected chi connectivity index (χ4v) is 2.52. The van der Waals surface area contributed by atoms with Crippen molar-refractivity contribution >= 4 is 0 Å². The number of hydrogen-bond donors (Lipinski definition) is 1. The van der Waals surface area contributed by atoms with E-state index in [1.165, 1.54) is 18.4 Å².